The van der Waals surface area contributed by atoms with E-state index in [2.05, 4.69) is 0 Å². The molecule has 0 aliphatic rings. The fourth-order valence-electron chi connectivity index (χ4n) is 1.69. The van der Waals surface area contributed by atoms with Crippen LogP contribution >= 0.6 is 23.2 Å². The summed E-state index contributed by atoms with van der Waals surface area (Å²) >= 11 is 11.7. The van der Waals surface area contributed by atoms with Gasteiger partial charge in [0, 0.05) is 22.2 Å². The van der Waals surface area contributed by atoms with Gasteiger partial charge in [0.15, 0.2) is 0 Å². The summed E-state index contributed by atoms with van der Waals surface area (Å²) in [5.74, 6) is 1.49. The molecule has 0 aromatic heterocycles. The smallest absolute Gasteiger partial charge is 0.124 e. The van der Waals surface area contributed by atoms with Crippen molar-refractivity contribution in [2.24, 2.45) is 5.73 Å². The van der Waals surface area contributed by atoms with Gasteiger partial charge in [-0.25, -0.2) is 0 Å². The van der Waals surface area contributed by atoms with Crippen LogP contribution in [0.2, 0.25) is 10.0 Å². The zero-order valence-corrected chi connectivity index (χ0v) is 12.3. The first-order valence-corrected chi connectivity index (χ1v) is 6.94. The Kier molecular flexibility index (Phi) is 5.53. The fourth-order valence-corrected chi connectivity index (χ4v) is 2.01. The Labute approximate surface area is 128 Å². The highest BCUT2D eigenvalue weighted by molar-refractivity contribution is 6.30. The molecule has 3 nitrogen and oxygen atoms in total. The molecule has 0 saturated heterocycles. The molecule has 0 unspecified atom stereocenters. The SMILES string of the molecule is NCc1cc(Cl)ccc1OCCOc1ccc(Cl)cc1. The van der Waals surface area contributed by atoms with Crippen LogP contribution in [-0.4, -0.2) is 13.2 Å². The van der Waals surface area contributed by atoms with Gasteiger partial charge >= 0.3 is 0 Å². The molecule has 0 saturated carbocycles. The van der Waals surface area contributed by atoms with Crippen LogP contribution in [0, 0.1) is 0 Å². The highest BCUT2D eigenvalue weighted by atomic mass is 35.5. The Hall–Kier alpha value is -1.42. The van der Waals surface area contributed by atoms with Gasteiger partial charge in [-0.2, -0.15) is 0 Å². The van der Waals surface area contributed by atoms with Gasteiger partial charge in [0.2, 0.25) is 0 Å². The molecule has 2 N–H and O–H groups in total. The largest absolute Gasteiger partial charge is 0.490 e. The molecule has 0 radical (unpaired) electrons. The molecule has 0 atom stereocenters. The van der Waals surface area contributed by atoms with Crippen LogP contribution in [0.25, 0.3) is 0 Å². The topological polar surface area (TPSA) is 44.5 Å². The van der Waals surface area contributed by atoms with Crippen molar-refractivity contribution < 1.29 is 9.47 Å². The third kappa shape index (κ3) is 4.30. The van der Waals surface area contributed by atoms with Gasteiger partial charge in [-0.3, -0.25) is 0 Å². The van der Waals surface area contributed by atoms with Crippen molar-refractivity contribution in [2.45, 2.75) is 6.54 Å². The first-order valence-electron chi connectivity index (χ1n) is 6.18. The molecule has 5 heteroatoms. The third-order valence-electron chi connectivity index (χ3n) is 2.67. The zero-order valence-electron chi connectivity index (χ0n) is 10.8. The third-order valence-corrected chi connectivity index (χ3v) is 3.15. The summed E-state index contributed by atoms with van der Waals surface area (Å²) in [6, 6.07) is 12.6. The molecular formula is C15H15Cl2NO2. The van der Waals surface area contributed by atoms with E-state index in [-0.39, 0.29) is 0 Å². The predicted molar refractivity (Wildman–Crippen MR) is 81.8 cm³/mol. The van der Waals surface area contributed by atoms with E-state index in [1.165, 1.54) is 0 Å². The van der Waals surface area contributed by atoms with Crippen molar-refractivity contribution >= 4 is 23.2 Å². The molecule has 2 aromatic rings. The van der Waals surface area contributed by atoms with Crippen molar-refractivity contribution in [3.63, 3.8) is 0 Å². The first kappa shape index (κ1) is 15.0. The second-order valence-corrected chi connectivity index (χ2v) is 4.98. The molecule has 20 heavy (non-hydrogen) atoms. The van der Waals surface area contributed by atoms with Gasteiger partial charge in [-0.05, 0) is 42.5 Å². The van der Waals surface area contributed by atoms with Gasteiger partial charge < -0.3 is 15.2 Å². The van der Waals surface area contributed by atoms with E-state index in [4.69, 9.17) is 38.4 Å². The molecule has 2 rings (SSSR count). The van der Waals surface area contributed by atoms with Crippen molar-refractivity contribution in [1.29, 1.82) is 0 Å². The standard InChI is InChI=1S/C15H15Cl2NO2/c16-12-1-4-14(5-2-12)19-7-8-20-15-6-3-13(17)9-11(15)10-18/h1-6,9H,7-8,10,18H2. The molecule has 106 valence electrons. The Balaban J connectivity index is 1.82. The summed E-state index contributed by atoms with van der Waals surface area (Å²) in [7, 11) is 0. The number of nitrogens with two attached hydrogens (primary N) is 1. The number of halogens is 2. The second kappa shape index (κ2) is 7.39. The van der Waals surface area contributed by atoms with Crippen LogP contribution in [0.5, 0.6) is 11.5 Å². The summed E-state index contributed by atoms with van der Waals surface area (Å²) in [6.45, 7) is 1.25. The minimum absolute atomic E-state index is 0.383. The van der Waals surface area contributed by atoms with E-state index in [9.17, 15) is 0 Å². The van der Waals surface area contributed by atoms with Crippen LogP contribution in [0.1, 0.15) is 5.56 Å². The van der Waals surface area contributed by atoms with Gasteiger partial charge in [-0.1, -0.05) is 23.2 Å². The number of hydrogen-bond donors (Lipinski definition) is 1. The number of benzene rings is 2. The summed E-state index contributed by atoms with van der Waals surface area (Å²) in [5, 5.41) is 1.33. The van der Waals surface area contributed by atoms with Crippen molar-refractivity contribution in [3.8, 4) is 11.5 Å². The van der Waals surface area contributed by atoms with Gasteiger partial charge in [-0.15, -0.1) is 0 Å². The average molecular weight is 312 g/mol. The highest BCUT2D eigenvalue weighted by Crippen LogP contribution is 2.22. The lowest BCUT2D eigenvalue weighted by Gasteiger charge is -2.11. The quantitative estimate of drug-likeness (QED) is 0.823. The molecular weight excluding hydrogens is 297 g/mol. The molecule has 0 bridgehead atoms. The monoisotopic (exact) mass is 311 g/mol. The minimum Gasteiger partial charge on any atom is -0.490 e. The maximum atomic E-state index is 5.90. The predicted octanol–water partition coefficient (Wildman–Crippen LogP) is 3.91. The number of hydrogen-bond acceptors (Lipinski definition) is 3. The van der Waals surface area contributed by atoms with Crippen LogP contribution < -0.4 is 15.2 Å². The number of ether oxygens (including phenoxy) is 2. The molecule has 2 aromatic carbocycles. The Morgan fingerprint density at radius 2 is 1.50 bits per heavy atom. The van der Waals surface area contributed by atoms with E-state index >= 15 is 0 Å². The van der Waals surface area contributed by atoms with Crippen molar-refractivity contribution in [3.05, 3.63) is 58.1 Å². The Bertz CT molecular complexity index is 558. The molecule has 0 heterocycles. The van der Waals surface area contributed by atoms with Crippen LogP contribution in [0.3, 0.4) is 0 Å². The maximum absolute atomic E-state index is 5.90. The fraction of sp³-hybridized carbons (Fsp3) is 0.200. The summed E-state index contributed by atoms with van der Waals surface area (Å²) < 4.78 is 11.2. The minimum atomic E-state index is 0.383. The highest BCUT2D eigenvalue weighted by Gasteiger charge is 2.03. The normalized spacial score (nSPS) is 10.3. The molecule has 0 spiro atoms. The lowest BCUT2D eigenvalue weighted by Crippen LogP contribution is -2.10. The average Bonchev–Trinajstić information content (AvgIpc) is 2.46. The van der Waals surface area contributed by atoms with Gasteiger partial charge in [0.25, 0.3) is 0 Å². The van der Waals surface area contributed by atoms with E-state index in [1.54, 1.807) is 24.3 Å². The molecule has 0 aliphatic carbocycles. The lowest BCUT2D eigenvalue weighted by molar-refractivity contribution is 0.216. The lowest BCUT2D eigenvalue weighted by atomic mass is 10.2. The first-order chi connectivity index (χ1) is 9.69. The summed E-state index contributed by atoms with van der Waals surface area (Å²) in [6.07, 6.45) is 0. The van der Waals surface area contributed by atoms with E-state index in [1.807, 2.05) is 18.2 Å². The van der Waals surface area contributed by atoms with Crippen molar-refractivity contribution in [1.82, 2.24) is 0 Å². The molecule has 0 fully saturated rings. The Morgan fingerprint density at radius 1 is 0.850 bits per heavy atom. The second-order valence-electron chi connectivity index (χ2n) is 4.11. The van der Waals surface area contributed by atoms with Gasteiger partial charge in [0.1, 0.15) is 24.7 Å². The molecule has 0 aliphatic heterocycles. The van der Waals surface area contributed by atoms with E-state index < -0.39 is 0 Å². The van der Waals surface area contributed by atoms with E-state index in [0.29, 0.717) is 29.8 Å². The van der Waals surface area contributed by atoms with Crippen molar-refractivity contribution in [2.75, 3.05) is 13.2 Å². The zero-order chi connectivity index (χ0) is 14.4. The van der Waals surface area contributed by atoms with E-state index in [0.717, 1.165) is 17.1 Å². The number of rotatable bonds is 6. The summed E-state index contributed by atoms with van der Waals surface area (Å²) in [4.78, 5) is 0. The summed E-state index contributed by atoms with van der Waals surface area (Å²) in [5.41, 5.74) is 6.53. The maximum Gasteiger partial charge on any atom is 0.124 e. The van der Waals surface area contributed by atoms with Crippen LogP contribution in [-0.2, 0) is 6.54 Å². The van der Waals surface area contributed by atoms with Crippen LogP contribution in [0.4, 0.5) is 0 Å². The van der Waals surface area contributed by atoms with Gasteiger partial charge in [0.05, 0.1) is 0 Å². The molecule has 0 amide bonds. The van der Waals surface area contributed by atoms with Crippen LogP contribution in [0.15, 0.2) is 42.5 Å². The Morgan fingerprint density at radius 3 is 2.20 bits per heavy atom.